The van der Waals surface area contributed by atoms with Gasteiger partial charge >= 0.3 is 0 Å². The van der Waals surface area contributed by atoms with Gasteiger partial charge in [-0.15, -0.1) is 0 Å². The van der Waals surface area contributed by atoms with E-state index < -0.39 is 0 Å². The van der Waals surface area contributed by atoms with Crippen molar-refractivity contribution in [3.63, 3.8) is 0 Å². The van der Waals surface area contributed by atoms with Gasteiger partial charge in [0.25, 0.3) is 0 Å². The van der Waals surface area contributed by atoms with Crippen LogP contribution >= 0.6 is 0 Å². The van der Waals surface area contributed by atoms with Gasteiger partial charge in [-0.1, -0.05) is 318 Å². The molecule has 0 aliphatic heterocycles. The lowest BCUT2D eigenvalue weighted by Crippen LogP contribution is -1.86. The lowest BCUT2D eigenvalue weighted by Gasteiger charge is -2.08. The van der Waals surface area contributed by atoms with E-state index >= 15 is 0 Å². The molecular formula is C120H105N9. The van der Waals surface area contributed by atoms with Crippen LogP contribution in [-0.2, 0) is 0 Å². The van der Waals surface area contributed by atoms with Crippen LogP contribution in [0.5, 0.6) is 0 Å². The second-order valence-corrected chi connectivity index (χ2v) is 31.2. The van der Waals surface area contributed by atoms with Crippen LogP contribution in [-0.4, -0.2) is 44.9 Å². The molecule has 0 aliphatic rings. The van der Waals surface area contributed by atoms with Gasteiger partial charge in [0.05, 0.1) is 17.1 Å². The summed E-state index contributed by atoms with van der Waals surface area (Å²) in [5.41, 5.74) is 32.9. The Hall–Kier alpha value is -16.2. The maximum absolute atomic E-state index is 4.43. The standard InChI is InChI=1S/3C16H13N.6C12H11N/c1-12-8-9-15(13-5-4-10-17-11-13)16-7-3-2-6-14(12)16;1-12-9-10-15(16-8-4-5-11-17-16)14-7-3-2-6-13(12)14;1-12-6-7-15(13-8-10-17-11-9-13)16-5-3-2-4-14(12)16;1-10-2-4-11(5-3-10)12-6-8-13-9-7-12;1-10-4-2-5-11(8-10)12-6-3-7-13-9-12;1-10-4-6-11(7-5-10)12-3-2-8-13-9-12;1-10-5-4-6-11(9-10)12-7-2-3-8-13-12;1-10-3-2-4-12(9-10)11-5-7-13-8-6-11;1-10-5-7-11(8-6-10)12-4-2-3-9-13-12/h3*2-11H,1H3;6*2-9H,1H3. The molecule has 21 rings (SSSR count). The molecule has 0 saturated heterocycles. The summed E-state index contributed by atoms with van der Waals surface area (Å²) in [6, 6.07) is 131. The highest BCUT2D eigenvalue weighted by molar-refractivity contribution is 6.00. The Labute approximate surface area is 760 Å². The Morgan fingerprint density at radius 2 is 0.426 bits per heavy atom. The summed E-state index contributed by atoms with van der Waals surface area (Å²) < 4.78 is 0. The molecule has 0 N–H and O–H groups in total. The average Bonchev–Trinajstić information content (AvgIpc) is 0.799. The Kier molecular flexibility index (Phi) is 33.4. The van der Waals surface area contributed by atoms with Crippen LogP contribution in [0.1, 0.15) is 50.1 Å². The van der Waals surface area contributed by atoms with E-state index in [9.17, 15) is 0 Å². The number of nitrogens with zero attached hydrogens (tertiary/aromatic N) is 9. The van der Waals surface area contributed by atoms with Gasteiger partial charge in [0, 0.05) is 115 Å². The number of rotatable bonds is 9. The minimum absolute atomic E-state index is 1.03. The van der Waals surface area contributed by atoms with Gasteiger partial charge in [-0.2, -0.15) is 0 Å². The van der Waals surface area contributed by atoms with Crippen LogP contribution in [0, 0.1) is 62.3 Å². The highest BCUT2D eigenvalue weighted by Crippen LogP contribution is 2.34. The van der Waals surface area contributed by atoms with Gasteiger partial charge in [0.15, 0.2) is 0 Å². The molecule has 0 atom stereocenters. The van der Waals surface area contributed by atoms with Crippen molar-refractivity contribution in [2.45, 2.75) is 62.3 Å². The van der Waals surface area contributed by atoms with E-state index in [1.165, 1.54) is 166 Å². The summed E-state index contributed by atoms with van der Waals surface area (Å²) in [6.07, 6.45) is 27.5. The molecule has 0 unspecified atom stereocenters. The predicted molar refractivity (Wildman–Crippen MR) is 542 cm³/mol. The third kappa shape index (κ3) is 26.9. The summed E-state index contributed by atoms with van der Waals surface area (Å²) in [5.74, 6) is 0. The Balaban J connectivity index is 0.000000124. The maximum atomic E-state index is 4.43. The molecule has 0 bridgehead atoms. The smallest absolute Gasteiger partial charge is 0.0708 e. The van der Waals surface area contributed by atoms with Gasteiger partial charge in [-0.05, 0) is 270 Å². The number of hydrogen-bond donors (Lipinski definition) is 0. The minimum atomic E-state index is 1.03. The third-order valence-corrected chi connectivity index (χ3v) is 21.5. The zero-order valence-electron chi connectivity index (χ0n) is 74.6. The van der Waals surface area contributed by atoms with E-state index in [1.54, 1.807) is 18.6 Å². The van der Waals surface area contributed by atoms with Crippen LogP contribution in [0.2, 0.25) is 0 Å². The first-order valence-electron chi connectivity index (χ1n) is 43.3. The van der Waals surface area contributed by atoms with Crippen LogP contribution in [0.4, 0.5) is 0 Å². The van der Waals surface area contributed by atoms with Gasteiger partial charge < -0.3 is 0 Å². The quantitative estimate of drug-likeness (QED) is 0.139. The highest BCUT2D eigenvalue weighted by Gasteiger charge is 2.10. The van der Waals surface area contributed by atoms with Crippen LogP contribution < -0.4 is 0 Å². The predicted octanol–water partition coefficient (Wildman–Crippen LogP) is 31.0. The third-order valence-electron chi connectivity index (χ3n) is 21.5. The molecule has 9 heteroatoms. The Bertz CT molecular complexity index is 6270. The topological polar surface area (TPSA) is 116 Å². The normalized spacial score (nSPS) is 10.2. The van der Waals surface area contributed by atoms with E-state index in [1.807, 2.05) is 165 Å². The number of aryl methyl sites for hydroxylation is 9. The van der Waals surface area contributed by atoms with E-state index in [0.29, 0.717) is 0 Å². The second-order valence-electron chi connectivity index (χ2n) is 31.2. The molecule has 9 heterocycles. The molecule has 0 spiro atoms. The molecule has 129 heavy (non-hydrogen) atoms. The summed E-state index contributed by atoms with van der Waals surface area (Å²) in [7, 11) is 0. The molecule has 21 aromatic rings. The van der Waals surface area contributed by atoms with Crippen LogP contribution in [0.25, 0.3) is 133 Å². The fourth-order valence-electron chi connectivity index (χ4n) is 14.5. The number of fused-ring (bicyclic) bond motifs is 3. The van der Waals surface area contributed by atoms with Crippen molar-refractivity contribution in [1.29, 1.82) is 0 Å². The molecule has 9 nitrogen and oxygen atoms in total. The lowest BCUT2D eigenvalue weighted by molar-refractivity contribution is 1.32. The average molecular weight is 1670 g/mol. The number of aromatic nitrogens is 9. The van der Waals surface area contributed by atoms with Crippen LogP contribution in [0.15, 0.2) is 475 Å². The Morgan fingerprint density at radius 3 is 0.814 bits per heavy atom. The first-order chi connectivity index (χ1) is 63.2. The number of pyridine rings is 9. The minimum Gasteiger partial charge on any atom is -0.265 e. The number of hydrogen-bond acceptors (Lipinski definition) is 9. The summed E-state index contributed by atoms with van der Waals surface area (Å²) in [6.45, 7) is 19.0. The highest BCUT2D eigenvalue weighted by atomic mass is 14.7. The van der Waals surface area contributed by atoms with Gasteiger partial charge in [-0.3, -0.25) is 44.9 Å². The maximum Gasteiger partial charge on any atom is 0.0708 e. The van der Waals surface area contributed by atoms with Crippen molar-refractivity contribution in [2.75, 3.05) is 0 Å². The molecule has 0 aliphatic carbocycles. The second kappa shape index (κ2) is 47.6. The van der Waals surface area contributed by atoms with Crippen molar-refractivity contribution < 1.29 is 0 Å². The van der Waals surface area contributed by atoms with E-state index in [-0.39, 0.29) is 0 Å². The van der Waals surface area contributed by atoms with E-state index in [4.69, 9.17) is 0 Å². The molecule has 0 amide bonds. The van der Waals surface area contributed by atoms with Gasteiger partial charge in [-0.25, -0.2) is 0 Å². The molecular weight excluding hydrogens is 1570 g/mol. The fraction of sp³-hybridized carbons (Fsp3) is 0.0750. The molecule has 0 saturated carbocycles. The monoisotopic (exact) mass is 1670 g/mol. The first-order valence-corrected chi connectivity index (χ1v) is 43.3. The number of benzene rings is 12. The van der Waals surface area contributed by atoms with Crippen molar-refractivity contribution in [2.24, 2.45) is 0 Å². The lowest BCUT2D eigenvalue weighted by atomic mass is 9.96. The van der Waals surface area contributed by atoms with Crippen molar-refractivity contribution >= 4 is 32.3 Å². The summed E-state index contributed by atoms with van der Waals surface area (Å²) >= 11 is 0. The SMILES string of the molecule is Cc1ccc(-c2ccccn2)c2ccccc12.Cc1ccc(-c2ccccn2)cc1.Cc1ccc(-c2cccnc2)c2ccccc12.Cc1ccc(-c2cccnc2)cc1.Cc1ccc(-c2ccncc2)c2ccccc12.Cc1ccc(-c2ccncc2)cc1.Cc1cccc(-c2ccccn2)c1.Cc1cccc(-c2cccnc2)c1.Cc1cccc(-c2ccncc2)c1. The van der Waals surface area contributed by atoms with Crippen molar-refractivity contribution in [3.8, 4) is 101 Å². The first kappa shape index (κ1) is 90.5. The fourth-order valence-corrected chi connectivity index (χ4v) is 14.5. The van der Waals surface area contributed by atoms with E-state index in [0.717, 1.165) is 17.1 Å². The molecule has 630 valence electrons. The summed E-state index contributed by atoms with van der Waals surface area (Å²) in [4.78, 5) is 37.4. The zero-order valence-corrected chi connectivity index (χ0v) is 74.6. The van der Waals surface area contributed by atoms with Gasteiger partial charge in [0.2, 0.25) is 0 Å². The summed E-state index contributed by atoms with van der Waals surface area (Å²) in [5, 5.41) is 7.80. The van der Waals surface area contributed by atoms with Crippen molar-refractivity contribution in [1.82, 2.24) is 44.9 Å². The van der Waals surface area contributed by atoms with Gasteiger partial charge in [0.1, 0.15) is 0 Å². The van der Waals surface area contributed by atoms with Crippen LogP contribution in [0.3, 0.4) is 0 Å². The molecule has 0 radical (unpaired) electrons. The van der Waals surface area contributed by atoms with E-state index in [2.05, 4.69) is 398 Å². The Morgan fingerprint density at radius 1 is 0.140 bits per heavy atom. The zero-order chi connectivity index (χ0) is 89.6. The molecule has 0 fully saturated rings. The van der Waals surface area contributed by atoms with Crippen molar-refractivity contribution in [3.05, 3.63) is 525 Å². The largest absolute Gasteiger partial charge is 0.265 e. The molecule has 12 aromatic carbocycles. The molecule has 9 aromatic heterocycles.